The quantitative estimate of drug-likeness (QED) is 0.681. The number of nitrogens with zero attached hydrogens (tertiary/aromatic N) is 2. The van der Waals surface area contributed by atoms with Crippen LogP contribution in [0.3, 0.4) is 0 Å². The van der Waals surface area contributed by atoms with Gasteiger partial charge in [-0.05, 0) is 40.2 Å². The third-order valence-corrected chi connectivity index (χ3v) is 3.66. The summed E-state index contributed by atoms with van der Waals surface area (Å²) in [5.74, 6) is 0. The van der Waals surface area contributed by atoms with Gasteiger partial charge in [-0.2, -0.15) is 0 Å². The first kappa shape index (κ1) is 10.4. The molecule has 1 heterocycles. The van der Waals surface area contributed by atoms with Crippen LogP contribution in [0.2, 0.25) is 0 Å². The Balaban J connectivity index is 1.81. The molecule has 0 aromatic heterocycles. The van der Waals surface area contributed by atoms with Crippen LogP contribution < -0.4 is 0 Å². The van der Waals surface area contributed by atoms with Crippen molar-refractivity contribution in [1.82, 2.24) is 9.80 Å². The summed E-state index contributed by atoms with van der Waals surface area (Å²) < 4.78 is 0. The molecule has 14 heavy (non-hydrogen) atoms. The Morgan fingerprint density at radius 1 is 1.14 bits per heavy atom. The fourth-order valence-corrected chi connectivity index (χ4v) is 2.43. The molecule has 0 spiro atoms. The van der Waals surface area contributed by atoms with E-state index in [1.165, 1.54) is 32.5 Å². The van der Waals surface area contributed by atoms with Gasteiger partial charge in [-0.3, -0.25) is 9.80 Å². The SMILES string of the molecule is CCN(C1CC1)C1CN(C(C)(C)C)C1. The molecule has 2 fully saturated rings. The topological polar surface area (TPSA) is 6.48 Å². The predicted octanol–water partition coefficient (Wildman–Crippen LogP) is 1.95. The molecule has 2 aliphatic rings. The van der Waals surface area contributed by atoms with Gasteiger partial charge in [0.25, 0.3) is 0 Å². The number of likely N-dealkylation sites (N-methyl/N-ethyl adjacent to an activating group) is 1. The van der Waals surface area contributed by atoms with Gasteiger partial charge in [-0.15, -0.1) is 0 Å². The van der Waals surface area contributed by atoms with Crippen LogP contribution in [0.5, 0.6) is 0 Å². The summed E-state index contributed by atoms with van der Waals surface area (Å²) in [5, 5.41) is 0. The minimum atomic E-state index is 0.374. The van der Waals surface area contributed by atoms with Crippen LogP contribution in [0.25, 0.3) is 0 Å². The average Bonchev–Trinajstić information content (AvgIpc) is 2.74. The lowest BCUT2D eigenvalue weighted by Crippen LogP contribution is -2.64. The van der Waals surface area contributed by atoms with Crippen LogP contribution in [-0.2, 0) is 0 Å². The molecule has 0 aromatic carbocycles. The minimum absolute atomic E-state index is 0.374. The van der Waals surface area contributed by atoms with Gasteiger partial charge in [0.2, 0.25) is 0 Å². The lowest BCUT2D eigenvalue weighted by atomic mass is 9.96. The maximum absolute atomic E-state index is 2.71. The number of rotatable bonds is 3. The minimum Gasteiger partial charge on any atom is -0.295 e. The van der Waals surface area contributed by atoms with E-state index in [1.54, 1.807) is 0 Å². The van der Waals surface area contributed by atoms with Gasteiger partial charge in [-0.25, -0.2) is 0 Å². The van der Waals surface area contributed by atoms with E-state index in [9.17, 15) is 0 Å². The molecule has 82 valence electrons. The van der Waals surface area contributed by atoms with Crippen molar-refractivity contribution in [2.45, 2.75) is 58.2 Å². The maximum Gasteiger partial charge on any atom is 0.0353 e. The van der Waals surface area contributed by atoms with Crippen molar-refractivity contribution < 1.29 is 0 Å². The highest BCUT2D eigenvalue weighted by Crippen LogP contribution is 2.33. The van der Waals surface area contributed by atoms with E-state index in [0.29, 0.717) is 5.54 Å². The van der Waals surface area contributed by atoms with Crippen LogP contribution >= 0.6 is 0 Å². The molecular weight excluding hydrogens is 172 g/mol. The number of hydrogen-bond acceptors (Lipinski definition) is 2. The van der Waals surface area contributed by atoms with Crippen molar-refractivity contribution in [1.29, 1.82) is 0 Å². The van der Waals surface area contributed by atoms with Crippen molar-refractivity contribution in [3.63, 3.8) is 0 Å². The second kappa shape index (κ2) is 3.49. The molecule has 1 aliphatic carbocycles. The molecular formula is C12H24N2. The lowest BCUT2D eigenvalue weighted by Gasteiger charge is -2.51. The predicted molar refractivity (Wildman–Crippen MR) is 60.5 cm³/mol. The molecule has 1 saturated carbocycles. The summed E-state index contributed by atoms with van der Waals surface area (Å²) in [6.45, 7) is 13.1. The largest absolute Gasteiger partial charge is 0.295 e. The summed E-state index contributed by atoms with van der Waals surface area (Å²) in [6.07, 6.45) is 2.89. The molecule has 1 saturated heterocycles. The van der Waals surface area contributed by atoms with Crippen molar-refractivity contribution in [2.24, 2.45) is 0 Å². The van der Waals surface area contributed by atoms with Crippen molar-refractivity contribution in [3.8, 4) is 0 Å². The Morgan fingerprint density at radius 3 is 2.07 bits per heavy atom. The molecule has 0 bridgehead atoms. The second-order valence-electron chi connectivity index (χ2n) is 5.79. The molecule has 2 rings (SSSR count). The first-order chi connectivity index (χ1) is 6.52. The van der Waals surface area contributed by atoms with Gasteiger partial charge in [0, 0.05) is 30.7 Å². The highest BCUT2D eigenvalue weighted by Gasteiger charge is 2.41. The summed E-state index contributed by atoms with van der Waals surface area (Å²) in [6, 6.07) is 1.79. The van der Waals surface area contributed by atoms with E-state index in [1.807, 2.05) is 0 Å². The highest BCUT2D eigenvalue weighted by atomic mass is 15.4. The fourth-order valence-electron chi connectivity index (χ4n) is 2.43. The number of likely N-dealkylation sites (tertiary alicyclic amines) is 1. The van der Waals surface area contributed by atoms with Crippen molar-refractivity contribution in [3.05, 3.63) is 0 Å². The molecule has 0 aromatic rings. The van der Waals surface area contributed by atoms with Gasteiger partial charge in [0.05, 0.1) is 0 Å². The third kappa shape index (κ3) is 1.96. The monoisotopic (exact) mass is 196 g/mol. The third-order valence-electron chi connectivity index (χ3n) is 3.66. The smallest absolute Gasteiger partial charge is 0.0353 e. The Hall–Kier alpha value is -0.0800. The van der Waals surface area contributed by atoms with Crippen LogP contribution in [0.1, 0.15) is 40.5 Å². The van der Waals surface area contributed by atoms with Gasteiger partial charge < -0.3 is 0 Å². The van der Waals surface area contributed by atoms with Crippen molar-refractivity contribution >= 4 is 0 Å². The normalized spacial score (nSPS) is 25.5. The zero-order valence-corrected chi connectivity index (χ0v) is 10.1. The molecule has 2 nitrogen and oxygen atoms in total. The number of hydrogen-bond donors (Lipinski definition) is 0. The van der Waals surface area contributed by atoms with Gasteiger partial charge >= 0.3 is 0 Å². The molecule has 0 radical (unpaired) electrons. The molecule has 0 unspecified atom stereocenters. The Morgan fingerprint density at radius 2 is 1.71 bits per heavy atom. The zero-order valence-electron chi connectivity index (χ0n) is 10.1. The van der Waals surface area contributed by atoms with E-state index in [2.05, 4.69) is 37.5 Å². The second-order valence-corrected chi connectivity index (χ2v) is 5.79. The van der Waals surface area contributed by atoms with Gasteiger partial charge in [0.1, 0.15) is 0 Å². The van der Waals surface area contributed by atoms with E-state index < -0.39 is 0 Å². The first-order valence-electron chi connectivity index (χ1n) is 6.03. The summed E-state index contributed by atoms with van der Waals surface area (Å²) in [7, 11) is 0. The van der Waals surface area contributed by atoms with Crippen molar-refractivity contribution in [2.75, 3.05) is 19.6 Å². The van der Waals surface area contributed by atoms with E-state index in [4.69, 9.17) is 0 Å². The van der Waals surface area contributed by atoms with Gasteiger partial charge in [0.15, 0.2) is 0 Å². The molecule has 2 heteroatoms. The van der Waals surface area contributed by atoms with Crippen LogP contribution in [-0.4, -0.2) is 47.1 Å². The summed E-state index contributed by atoms with van der Waals surface area (Å²) in [5.41, 5.74) is 0.374. The van der Waals surface area contributed by atoms with E-state index in [0.717, 1.165) is 12.1 Å². The Labute approximate surface area is 88.3 Å². The molecule has 0 atom stereocenters. The maximum atomic E-state index is 2.71. The van der Waals surface area contributed by atoms with E-state index >= 15 is 0 Å². The van der Waals surface area contributed by atoms with Crippen LogP contribution in [0.4, 0.5) is 0 Å². The zero-order chi connectivity index (χ0) is 10.3. The lowest BCUT2D eigenvalue weighted by molar-refractivity contribution is -0.0235. The fraction of sp³-hybridized carbons (Fsp3) is 1.00. The Kier molecular flexibility index (Phi) is 2.61. The molecule has 0 amide bonds. The van der Waals surface area contributed by atoms with E-state index in [-0.39, 0.29) is 0 Å². The van der Waals surface area contributed by atoms with Crippen LogP contribution in [0, 0.1) is 0 Å². The standard InChI is InChI=1S/C12H24N2/c1-5-14(10-6-7-10)11-8-13(9-11)12(2,3)4/h10-11H,5-9H2,1-4H3. The molecule has 0 N–H and O–H groups in total. The molecule has 1 aliphatic heterocycles. The summed E-state index contributed by atoms with van der Waals surface area (Å²) >= 11 is 0. The first-order valence-corrected chi connectivity index (χ1v) is 6.03. The summed E-state index contributed by atoms with van der Waals surface area (Å²) in [4.78, 5) is 5.30. The average molecular weight is 196 g/mol. The van der Waals surface area contributed by atoms with Gasteiger partial charge in [-0.1, -0.05) is 6.92 Å². The Bertz CT molecular complexity index is 197. The highest BCUT2D eigenvalue weighted by molar-refractivity contribution is 4.98. The van der Waals surface area contributed by atoms with Crippen LogP contribution in [0.15, 0.2) is 0 Å².